The Hall–Kier alpha value is -0.120. The van der Waals surface area contributed by atoms with Crippen molar-refractivity contribution in [3.8, 4) is 0 Å². The van der Waals surface area contributed by atoms with Crippen LogP contribution >= 0.6 is 0 Å². The van der Waals surface area contributed by atoms with Crippen molar-refractivity contribution >= 4 is 0 Å². The van der Waals surface area contributed by atoms with Crippen molar-refractivity contribution in [2.75, 3.05) is 33.2 Å². The summed E-state index contributed by atoms with van der Waals surface area (Å²) in [5.74, 6) is 0. The molecule has 3 atom stereocenters. The quantitative estimate of drug-likeness (QED) is 0.798. The number of hydrogen-bond acceptors (Lipinski definition) is 3. The molecule has 3 unspecified atom stereocenters. The summed E-state index contributed by atoms with van der Waals surface area (Å²) in [5, 5.41) is 3.68. The molecule has 0 saturated carbocycles. The van der Waals surface area contributed by atoms with Crippen molar-refractivity contribution < 1.29 is 0 Å². The summed E-state index contributed by atoms with van der Waals surface area (Å²) in [7, 11) is 2.35. The molecule has 3 fully saturated rings. The van der Waals surface area contributed by atoms with Gasteiger partial charge in [0, 0.05) is 31.2 Å². The summed E-state index contributed by atoms with van der Waals surface area (Å²) in [6.45, 7) is 5.20. The lowest BCUT2D eigenvalue weighted by Crippen LogP contribution is -2.48. The predicted octanol–water partition coefficient (Wildman–Crippen LogP) is 1.30. The van der Waals surface area contributed by atoms with Crippen LogP contribution in [0.5, 0.6) is 0 Å². The molecule has 0 aromatic heterocycles. The van der Waals surface area contributed by atoms with Crippen LogP contribution in [-0.2, 0) is 0 Å². The maximum Gasteiger partial charge on any atom is 0.0261 e. The molecule has 0 aromatic rings. The fraction of sp³-hybridized carbons (Fsp3) is 1.00. The first-order valence-electron chi connectivity index (χ1n) is 7.52. The molecule has 3 heteroatoms. The highest BCUT2D eigenvalue weighted by Crippen LogP contribution is 2.30. The van der Waals surface area contributed by atoms with Crippen LogP contribution in [0.4, 0.5) is 0 Å². The summed E-state index contributed by atoms with van der Waals surface area (Å²) in [4.78, 5) is 5.37. The van der Waals surface area contributed by atoms with Crippen LogP contribution in [-0.4, -0.2) is 61.2 Å². The van der Waals surface area contributed by atoms with Gasteiger partial charge in [-0.3, -0.25) is 4.90 Å². The van der Waals surface area contributed by atoms with E-state index in [4.69, 9.17) is 0 Å². The van der Waals surface area contributed by atoms with Crippen molar-refractivity contribution in [1.29, 1.82) is 0 Å². The van der Waals surface area contributed by atoms with E-state index in [9.17, 15) is 0 Å². The highest BCUT2D eigenvalue weighted by Gasteiger charge is 2.39. The summed E-state index contributed by atoms with van der Waals surface area (Å²) >= 11 is 0. The average molecular weight is 237 g/mol. The molecular weight excluding hydrogens is 210 g/mol. The van der Waals surface area contributed by atoms with E-state index in [-0.39, 0.29) is 0 Å². The van der Waals surface area contributed by atoms with E-state index in [2.05, 4.69) is 22.2 Å². The number of nitrogens with one attached hydrogen (secondary N) is 1. The minimum Gasteiger partial charge on any atom is -0.313 e. The van der Waals surface area contributed by atoms with Crippen LogP contribution < -0.4 is 5.32 Å². The van der Waals surface area contributed by atoms with Crippen LogP contribution in [0.25, 0.3) is 0 Å². The average Bonchev–Trinajstić information content (AvgIpc) is 2.91. The Labute approximate surface area is 106 Å². The first-order chi connectivity index (χ1) is 8.34. The summed E-state index contributed by atoms with van der Waals surface area (Å²) < 4.78 is 0. The van der Waals surface area contributed by atoms with Gasteiger partial charge in [0.2, 0.25) is 0 Å². The Balaban J connectivity index is 1.53. The molecule has 0 aliphatic carbocycles. The van der Waals surface area contributed by atoms with Crippen LogP contribution in [0.15, 0.2) is 0 Å². The fourth-order valence-electron chi connectivity index (χ4n) is 4.13. The Kier molecular flexibility index (Phi) is 3.69. The molecule has 1 N–H and O–H groups in total. The van der Waals surface area contributed by atoms with Crippen LogP contribution in [0, 0.1) is 0 Å². The lowest BCUT2D eigenvalue weighted by molar-refractivity contribution is 0.168. The van der Waals surface area contributed by atoms with Crippen molar-refractivity contribution in [1.82, 2.24) is 15.1 Å². The molecule has 0 bridgehead atoms. The third kappa shape index (κ3) is 2.51. The molecule has 17 heavy (non-hydrogen) atoms. The van der Waals surface area contributed by atoms with Gasteiger partial charge >= 0.3 is 0 Å². The highest BCUT2D eigenvalue weighted by molar-refractivity contribution is 4.96. The van der Waals surface area contributed by atoms with Gasteiger partial charge in [-0.25, -0.2) is 0 Å². The largest absolute Gasteiger partial charge is 0.313 e. The van der Waals surface area contributed by atoms with E-state index in [1.807, 2.05) is 0 Å². The number of likely N-dealkylation sites (N-methyl/N-ethyl adjacent to an activating group) is 1. The smallest absolute Gasteiger partial charge is 0.0261 e. The number of piperidine rings is 1. The van der Waals surface area contributed by atoms with Crippen molar-refractivity contribution in [3.63, 3.8) is 0 Å². The van der Waals surface area contributed by atoms with E-state index < -0.39 is 0 Å². The monoisotopic (exact) mass is 237 g/mol. The van der Waals surface area contributed by atoms with Crippen molar-refractivity contribution in [2.45, 2.75) is 56.7 Å². The number of fused-ring (bicyclic) bond motifs is 1. The third-order valence-electron chi connectivity index (χ3n) is 5.06. The molecule has 3 aliphatic rings. The second kappa shape index (κ2) is 5.25. The van der Waals surface area contributed by atoms with E-state index in [1.54, 1.807) is 0 Å². The van der Waals surface area contributed by atoms with Crippen LogP contribution in [0.1, 0.15) is 38.5 Å². The zero-order valence-corrected chi connectivity index (χ0v) is 11.2. The van der Waals surface area contributed by atoms with Gasteiger partial charge in [0.1, 0.15) is 0 Å². The normalized spacial score (nSPS) is 38.8. The summed E-state index contributed by atoms with van der Waals surface area (Å²) in [6, 6.07) is 2.47. The predicted molar refractivity (Wildman–Crippen MR) is 71.3 cm³/mol. The SMILES string of the molecule is CN(CC1CCCCN1)C1CCN2CCCC12. The molecule has 0 amide bonds. The third-order valence-corrected chi connectivity index (χ3v) is 5.06. The summed E-state index contributed by atoms with van der Waals surface area (Å²) in [5.41, 5.74) is 0. The Morgan fingerprint density at radius 1 is 1.12 bits per heavy atom. The molecule has 3 nitrogen and oxygen atoms in total. The summed E-state index contributed by atoms with van der Waals surface area (Å²) in [6.07, 6.45) is 8.44. The molecule has 3 heterocycles. The zero-order valence-electron chi connectivity index (χ0n) is 11.2. The van der Waals surface area contributed by atoms with Gasteiger partial charge in [0.25, 0.3) is 0 Å². The Morgan fingerprint density at radius 3 is 2.88 bits per heavy atom. The zero-order chi connectivity index (χ0) is 11.7. The molecule has 3 rings (SSSR count). The molecular formula is C14H27N3. The van der Waals surface area contributed by atoms with E-state index in [0.717, 1.165) is 18.1 Å². The fourth-order valence-corrected chi connectivity index (χ4v) is 4.13. The number of hydrogen-bond donors (Lipinski definition) is 1. The number of rotatable bonds is 3. The van der Waals surface area contributed by atoms with E-state index >= 15 is 0 Å². The second-order valence-electron chi connectivity index (χ2n) is 6.19. The van der Waals surface area contributed by atoms with Gasteiger partial charge in [-0.1, -0.05) is 6.42 Å². The highest BCUT2D eigenvalue weighted by atomic mass is 15.3. The molecule has 3 saturated heterocycles. The van der Waals surface area contributed by atoms with Gasteiger partial charge < -0.3 is 10.2 Å². The molecule has 98 valence electrons. The van der Waals surface area contributed by atoms with Crippen molar-refractivity contribution in [2.24, 2.45) is 0 Å². The van der Waals surface area contributed by atoms with E-state index in [0.29, 0.717) is 0 Å². The van der Waals surface area contributed by atoms with Gasteiger partial charge in [-0.05, 0) is 52.2 Å². The molecule has 0 spiro atoms. The molecule has 3 aliphatic heterocycles. The van der Waals surface area contributed by atoms with E-state index in [1.165, 1.54) is 64.7 Å². The molecule has 0 aromatic carbocycles. The topological polar surface area (TPSA) is 18.5 Å². The second-order valence-corrected chi connectivity index (χ2v) is 6.19. The minimum absolute atomic E-state index is 0.754. The Morgan fingerprint density at radius 2 is 2.06 bits per heavy atom. The minimum atomic E-state index is 0.754. The lowest BCUT2D eigenvalue weighted by atomic mass is 10.0. The first kappa shape index (κ1) is 11.9. The van der Waals surface area contributed by atoms with Gasteiger partial charge in [0.15, 0.2) is 0 Å². The van der Waals surface area contributed by atoms with Gasteiger partial charge in [-0.15, -0.1) is 0 Å². The van der Waals surface area contributed by atoms with Crippen molar-refractivity contribution in [3.05, 3.63) is 0 Å². The van der Waals surface area contributed by atoms with Crippen LogP contribution in [0.2, 0.25) is 0 Å². The number of nitrogens with zero attached hydrogens (tertiary/aromatic N) is 2. The maximum atomic E-state index is 3.68. The Bertz CT molecular complexity index is 250. The van der Waals surface area contributed by atoms with Gasteiger partial charge in [0.05, 0.1) is 0 Å². The van der Waals surface area contributed by atoms with Gasteiger partial charge in [-0.2, -0.15) is 0 Å². The maximum absolute atomic E-state index is 3.68. The van der Waals surface area contributed by atoms with Crippen LogP contribution in [0.3, 0.4) is 0 Å². The lowest BCUT2D eigenvalue weighted by Gasteiger charge is -2.34. The molecule has 0 radical (unpaired) electrons. The standard InChI is InChI=1S/C14H27N3/c1-16(11-12-5-2-3-8-15-12)13-7-10-17-9-4-6-14(13)17/h12-15H,2-11H2,1H3. The first-order valence-corrected chi connectivity index (χ1v) is 7.52.